The first kappa shape index (κ1) is 3.20. The predicted octanol–water partition coefficient (Wildman–Crippen LogP) is 1.81. The van der Waals surface area contributed by atoms with Crippen molar-refractivity contribution >= 4 is 0 Å². The van der Waals surface area contributed by atoms with E-state index in [0.717, 1.165) is 5.92 Å². The molecule has 0 bridgehead atoms. The van der Waals surface area contributed by atoms with E-state index in [1.165, 1.54) is 19.3 Å². The Labute approximate surface area is 33.2 Å². The second-order valence-electron chi connectivity index (χ2n) is 2.04. The lowest BCUT2D eigenvalue weighted by Gasteiger charge is -2.18. The molecule has 0 spiro atoms. The molecule has 1 rings (SSSR count). The Morgan fingerprint density at radius 1 is 1.40 bits per heavy atom. The van der Waals surface area contributed by atoms with Crippen molar-refractivity contribution in [2.24, 2.45) is 5.92 Å². The second-order valence-corrected chi connectivity index (χ2v) is 2.04. The summed E-state index contributed by atoms with van der Waals surface area (Å²) in [5.74, 6) is 1.06. The van der Waals surface area contributed by atoms with Crippen molar-refractivity contribution in [3.8, 4) is 0 Å². The molecule has 30 valence electrons. The molecule has 0 heterocycles. The van der Waals surface area contributed by atoms with E-state index >= 15 is 0 Å². The number of hydrogen-bond acceptors (Lipinski definition) is 0. The van der Waals surface area contributed by atoms with E-state index < -0.39 is 0 Å². The summed E-state index contributed by atoms with van der Waals surface area (Å²) < 4.78 is 0. The van der Waals surface area contributed by atoms with Crippen LogP contribution in [-0.2, 0) is 0 Å². The molecule has 0 nitrogen and oxygen atoms in total. The lowest BCUT2D eigenvalue weighted by Crippen LogP contribution is -2.04. The molecule has 0 unspecified atom stereocenters. The summed E-state index contributed by atoms with van der Waals surface area (Å²) in [6, 6.07) is 0. The minimum atomic E-state index is 1.06. The molecule has 0 saturated heterocycles. The molecule has 5 heavy (non-hydrogen) atoms. The average molecular weight is 70.1 g/mol. The third-order valence-corrected chi connectivity index (χ3v) is 1.39. The molecule has 1 fully saturated rings. The normalized spacial score (nSPS) is 25.8. The van der Waals surface area contributed by atoms with Crippen molar-refractivity contribution in [2.75, 3.05) is 0 Å². The highest BCUT2D eigenvalue weighted by Gasteiger charge is 2.09. The average Bonchev–Trinajstić information content (AvgIpc) is 1.30. The summed E-state index contributed by atoms with van der Waals surface area (Å²) in [6.07, 6.45) is 4.46. The fraction of sp³-hybridized carbons (Fsp3) is 1.00. The highest BCUT2D eigenvalue weighted by molar-refractivity contribution is 4.62. The van der Waals surface area contributed by atoms with Crippen LogP contribution in [0, 0.1) is 5.92 Å². The Bertz CT molecular complexity index is 27.0. The van der Waals surface area contributed by atoms with Crippen LogP contribution in [0.15, 0.2) is 0 Å². The van der Waals surface area contributed by atoms with Crippen molar-refractivity contribution in [2.45, 2.75) is 26.2 Å². The highest BCUT2D eigenvalue weighted by atomic mass is 14.1. The van der Waals surface area contributed by atoms with Crippen molar-refractivity contribution in [3.63, 3.8) is 0 Å². The molecule has 1 saturated carbocycles. The summed E-state index contributed by atoms with van der Waals surface area (Å²) >= 11 is 0. The standard InChI is InChI=1S/C5H10/c1-5-3-2-4-5/h5H,2-4H2,1H3. The van der Waals surface area contributed by atoms with E-state index in [1.807, 2.05) is 0 Å². The first-order valence-corrected chi connectivity index (χ1v) is 2.39. The maximum Gasteiger partial charge on any atom is -0.0443 e. The van der Waals surface area contributed by atoms with Gasteiger partial charge in [0.1, 0.15) is 0 Å². The van der Waals surface area contributed by atoms with Gasteiger partial charge in [-0.15, -0.1) is 0 Å². The SMILES string of the molecule is CC1CCC1. The Kier molecular flexibility index (Phi) is 0.640. The van der Waals surface area contributed by atoms with Crippen molar-refractivity contribution < 1.29 is 0 Å². The first-order valence-electron chi connectivity index (χ1n) is 2.39. The van der Waals surface area contributed by atoms with Gasteiger partial charge >= 0.3 is 0 Å². The summed E-state index contributed by atoms with van der Waals surface area (Å²) in [6.45, 7) is 2.31. The molecule has 0 heteroatoms. The summed E-state index contributed by atoms with van der Waals surface area (Å²) in [5.41, 5.74) is 0. The third-order valence-electron chi connectivity index (χ3n) is 1.39. The molecule has 1 aliphatic rings. The highest BCUT2D eigenvalue weighted by Crippen LogP contribution is 2.24. The monoisotopic (exact) mass is 70.1 g/mol. The molecule has 0 aromatic heterocycles. The number of rotatable bonds is 0. The first-order chi connectivity index (χ1) is 2.39. The van der Waals surface area contributed by atoms with Crippen LogP contribution in [0.1, 0.15) is 26.2 Å². The van der Waals surface area contributed by atoms with Crippen LogP contribution in [0.3, 0.4) is 0 Å². The number of hydrogen-bond donors (Lipinski definition) is 0. The molecular formula is C5H10. The smallest absolute Gasteiger partial charge is 0.0443 e. The minimum Gasteiger partial charge on any atom is -0.0625 e. The minimum absolute atomic E-state index is 1.06. The van der Waals surface area contributed by atoms with Crippen molar-refractivity contribution in [1.29, 1.82) is 0 Å². The Morgan fingerprint density at radius 3 is 1.80 bits per heavy atom. The van der Waals surface area contributed by atoms with Crippen LogP contribution in [0.25, 0.3) is 0 Å². The molecule has 0 aromatic rings. The topological polar surface area (TPSA) is 0 Å². The quantitative estimate of drug-likeness (QED) is 0.407. The molecular weight excluding hydrogens is 60.1 g/mol. The van der Waals surface area contributed by atoms with Gasteiger partial charge in [0.2, 0.25) is 0 Å². The zero-order chi connectivity index (χ0) is 3.70. The Morgan fingerprint density at radius 2 is 1.80 bits per heavy atom. The summed E-state index contributed by atoms with van der Waals surface area (Å²) in [7, 11) is 0. The molecule has 0 aliphatic heterocycles. The van der Waals surface area contributed by atoms with Crippen LogP contribution in [0.2, 0.25) is 0 Å². The lowest BCUT2D eigenvalue weighted by atomic mass is 9.88. The van der Waals surface area contributed by atoms with Crippen LogP contribution >= 0.6 is 0 Å². The zero-order valence-corrected chi connectivity index (χ0v) is 3.70. The van der Waals surface area contributed by atoms with E-state index in [1.54, 1.807) is 0 Å². The lowest BCUT2D eigenvalue weighted by molar-refractivity contribution is 0.346. The largest absolute Gasteiger partial charge is 0.0625 e. The van der Waals surface area contributed by atoms with Gasteiger partial charge in [-0.3, -0.25) is 0 Å². The van der Waals surface area contributed by atoms with E-state index in [-0.39, 0.29) is 0 Å². The van der Waals surface area contributed by atoms with Gasteiger partial charge in [-0.1, -0.05) is 26.2 Å². The van der Waals surface area contributed by atoms with Gasteiger partial charge in [-0.2, -0.15) is 0 Å². The molecule has 0 N–H and O–H groups in total. The Hall–Kier alpha value is 0. The fourth-order valence-electron chi connectivity index (χ4n) is 0.612. The van der Waals surface area contributed by atoms with Crippen LogP contribution in [-0.4, -0.2) is 0 Å². The van der Waals surface area contributed by atoms with Gasteiger partial charge in [0, 0.05) is 0 Å². The van der Waals surface area contributed by atoms with E-state index in [2.05, 4.69) is 6.92 Å². The van der Waals surface area contributed by atoms with Gasteiger partial charge in [0.05, 0.1) is 0 Å². The second kappa shape index (κ2) is 1.00. The Balaban J connectivity index is 2.08. The predicted molar refractivity (Wildman–Crippen MR) is 23.0 cm³/mol. The van der Waals surface area contributed by atoms with Crippen molar-refractivity contribution in [1.82, 2.24) is 0 Å². The maximum absolute atomic E-state index is 2.31. The van der Waals surface area contributed by atoms with Gasteiger partial charge in [0.15, 0.2) is 0 Å². The van der Waals surface area contributed by atoms with E-state index in [9.17, 15) is 0 Å². The van der Waals surface area contributed by atoms with E-state index in [0.29, 0.717) is 0 Å². The van der Waals surface area contributed by atoms with Gasteiger partial charge in [-0.05, 0) is 5.92 Å². The maximum atomic E-state index is 2.31. The third kappa shape index (κ3) is 0.444. The zero-order valence-electron chi connectivity index (χ0n) is 3.70. The molecule has 0 amide bonds. The van der Waals surface area contributed by atoms with Crippen LogP contribution in [0.5, 0.6) is 0 Å². The van der Waals surface area contributed by atoms with Crippen LogP contribution < -0.4 is 0 Å². The van der Waals surface area contributed by atoms with Crippen LogP contribution in [0.4, 0.5) is 0 Å². The molecule has 1 aliphatic carbocycles. The van der Waals surface area contributed by atoms with Gasteiger partial charge in [-0.25, -0.2) is 0 Å². The summed E-state index contributed by atoms with van der Waals surface area (Å²) in [4.78, 5) is 0. The van der Waals surface area contributed by atoms with Gasteiger partial charge in [0.25, 0.3) is 0 Å². The van der Waals surface area contributed by atoms with Crippen molar-refractivity contribution in [3.05, 3.63) is 0 Å². The fourth-order valence-corrected chi connectivity index (χ4v) is 0.612. The molecule has 0 aromatic carbocycles. The molecule has 0 radical (unpaired) electrons. The van der Waals surface area contributed by atoms with E-state index in [4.69, 9.17) is 0 Å². The summed E-state index contributed by atoms with van der Waals surface area (Å²) in [5, 5.41) is 0. The molecule has 0 atom stereocenters. The van der Waals surface area contributed by atoms with Gasteiger partial charge < -0.3 is 0 Å².